The minimum atomic E-state index is 0.0675. The van der Waals surface area contributed by atoms with Gasteiger partial charge in [-0.05, 0) is 30.5 Å². The predicted molar refractivity (Wildman–Crippen MR) is 107 cm³/mol. The zero-order valence-corrected chi connectivity index (χ0v) is 15.4. The molecule has 1 aliphatic rings. The van der Waals surface area contributed by atoms with Crippen LogP contribution >= 0.6 is 0 Å². The van der Waals surface area contributed by atoms with Crippen LogP contribution < -0.4 is 16.0 Å². The molecule has 5 heteroatoms. The number of hydrogen-bond donors (Lipinski definition) is 3. The average Bonchev–Trinajstić information content (AvgIpc) is 2.64. The first-order chi connectivity index (χ1) is 12.7. The van der Waals surface area contributed by atoms with Crippen LogP contribution in [0.3, 0.4) is 0 Å². The highest BCUT2D eigenvalue weighted by Gasteiger charge is 2.24. The number of nitrogens with zero attached hydrogens (tertiary/aromatic N) is 1. The molecule has 0 bridgehead atoms. The number of aliphatic imine (C=N–C) groups is 1. The lowest BCUT2D eigenvalue weighted by molar-refractivity contribution is -0.116. The fourth-order valence-corrected chi connectivity index (χ4v) is 3.32. The highest BCUT2D eigenvalue weighted by atomic mass is 16.1. The summed E-state index contributed by atoms with van der Waals surface area (Å²) in [6, 6.07) is 16.5. The van der Waals surface area contributed by atoms with Crippen LogP contribution in [0.15, 0.2) is 53.5 Å². The molecule has 1 unspecified atom stereocenters. The van der Waals surface area contributed by atoms with Crippen molar-refractivity contribution in [1.82, 2.24) is 10.6 Å². The van der Waals surface area contributed by atoms with Crippen molar-refractivity contribution in [3.8, 4) is 0 Å². The third-order valence-electron chi connectivity index (χ3n) is 4.63. The number of fused-ring (bicyclic) bond motifs is 1. The predicted octanol–water partition coefficient (Wildman–Crippen LogP) is 2.83. The number of aryl methyl sites for hydroxylation is 1. The van der Waals surface area contributed by atoms with Crippen molar-refractivity contribution in [3.05, 3.63) is 65.2 Å². The highest BCUT2D eigenvalue weighted by molar-refractivity contribution is 5.94. The third kappa shape index (κ3) is 4.63. The van der Waals surface area contributed by atoms with Gasteiger partial charge < -0.3 is 16.0 Å². The molecule has 0 saturated heterocycles. The minimum absolute atomic E-state index is 0.0675. The molecule has 0 spiro atoms. The van der Waals surface area contributed by atoms with Gasteiger partial charge in [0.15, 0.2) is 5.96 Å². The van der Waals surface area contributed by atoms with Gasteiger partial charge in [-0.2, -0.15) is 0 Å². The lowest BCUT2D eigenvalue weighted by Crippen LogP contribution is -2.41. The summed E-state index contributed by atoms with van der Waals surface area (Å²) in [6.07, 6.45) is 1.43. The van der Waals surface area contributed by atoms with Gasteiger partial charge in [0.05, 0.1) is 0 Å². The van der Waals surface area contributed by atoms with E-state index in [4.69, 9.17) is 0 Å². The number of hydrogen-bond acceptors (Lipinski definition) is 2. The topological polar surface area (TPSA) is 65.5 Å². The Labute approximate surface area is 154 Å². The normalized spacial score (nSPS) is 16.6. The van der Waals surface area contributed by atoms with Crippen LogP contribution in [0.4, 0.5) is 5.69 Å². The van der Waals surface area contributed by atoms with Gasteiger partial charge >= 0.3 is 0 Å². The Morgan fingerprint density at radius 3 is 2.85 bits per heavy atom. The third-order valence-corrected chi connectivity index (χ3v) is 4.63. The molecule has 2 aromatic rings. The summed E-state index contributed by atoms with van der Waals surface area (Å²) in [7, 11) is 1.77. The fraction of sp³-hybridized carbons (Fsp3) is 0.333. The number of benzene rings is 2. The van der Waals surface area contributed by atoms with Crippen LogP contribution in [0.25, 0.3) is 0 Å². The summed E-state index contributed by atoms with van der Waals surface area (Å²) in [5, 5.41) is 9.64. The monoisotopic (exact) mass is 350 g/mol. The van der Waals surface area contributed by atoms with Gasteiger partial charge in [-0.3, -0.25) is 9.79 Å². The first-order valence-electron chi connectivity index (χ1n) is 9.04. The molecule has 136 valence electrons. The average molecular weight is 350 g/mol. The second kappa shape index (κ2) is 8.52. The molecule has 1 heterocycles. The van der Waals surface area contributed by atoms with Crippen molar-refractivity contribution in [2.45, 2.75) is 25.7 Å². The van der Waals surface area contributed by atoms with E-state index in [9.17, 15) is 4.79 Å². The Kier molecular flexibility index (Phi) is 5.89. The first-order valence-corrected chi connectivity index (χ1v) is 9.04. The van der Waals surface area contributed by atoms with Gasteiger partial charge in [0.25, 0.3) is 0 Å². The smallest absolute Gasteiger partial charge is 0.225 e. The highest BCUT2D eigenvalue weighted by Crippen LogP contribution is 2.31. The molecule has 1 amide bonds. The van der Waals surface area contributed by atoms with Crippen LogP contribution in [0.5, 0.6) is 0 Å². The summed E-state index contributed by atoms with van der Waals surface area (Å²) in [5.41, 5.74) is 4.68. The van der Waals surface area contributed by atoms with Gasteiger partial charge in [0.2, 0.25) is 5.91 Å². The van der Waals surface area contributed by atoms with Crippen molar-refractivity contribution >= 4 is 17.6 Å². The lowest BCUT2D eigenvalue weighted by atomic mass is 9.90. The maximum absolute atomic E-state index is 11.9. The van der Waals surface area contributed by atoms with Crippen molar-refractivity contribution < 1.29 is 4.79 Å². The van der Waals surface area contributed by atoms with Gasteiger partial charge in [0, 0.05) is 38.2 Å². The molecule has 1 atom stereocenters. The van der Waals surface area contributed by atoms with E-state index in [-0.39, 0.29) is 11.8 Å². The molecule has 1 aliphatic heterocycles. The molecule has 0 aliphatic carbocycles. The largest absolute Gasteiger partial charge is 0.356 e. The molecule has 2 aromatic carbocycles. The molecule has 3 N–H and O–H groups in total. The summed E-state index contributed by atoms with van der Waals surface area (Å²) in [4.78, 5) is 16.2. The Bertz CT molecular complexity index is 800. The summed E-state index contributed by atoms with van der Waals surface area (Å²) < 4.78 is 0. The van der Waals surface area contributed by atoms with Crippen LogP contribution in [0, 0.1) is 6.92 Å². The number of anilines is 1. The van der Waals surface area contributed by atoms with Crippen LogP contribution in [-0.4, -0.2) is 32.0 Å². The van der Waals surface area contributed by atoms with Crippen LogP contribution in [0.2, 0.25) is 0 Å². The standard InChI is InChI=1S/C21H26N4O/c1-15-6-5-7-16(12-15)10-11-23-21(22-2)24-14-17-13-20(26)25-19-9-4-3-8-18(17)19/h3-9,12,17H,10-11,13-14H2,1-2H3,(H,25,26)(H2,22,23,24). The SMILES string of the molecule is CN=C(NCCc1cccc(C)c1)NCC1CC(=O)Nc2ccccc21. The number of guanidine groups is 1. The van der Waals surface area contributed by atoms with Gasteiger partial charge in [-0.25, -0.2) is 0 Å². The molecule has 0 radical (unpaired) electrons. The Hall–Kier alpha value is -2.82. The van der Waals surface area contributed by atoms with Gasteiger partial charge in [-0.1, -0.05) is 48.0 Å². The number of rotatable bonds is 5. The number of amides is 1. The molecule has 0 saturated carbocycles. The van der Waals surface area contributed by atoms with E-state index in [1.54, 1.807) is 7.05 Å². The Morgan fingerprint density at radius 2 is 2.04 bits per heavy atom. The maximum Gasteiger partial charge on any atom is 0.225 e. The van der Waals surface area contributed by atoms with E-state index >= 15 is 0 Å². The molecule has 0 fully saturated rings. The zero-order chi connectivity index (χ0) is 18.4. The quantitative estimate of drug-likeness (QED) is 0.574. The van der Waals surface area contributed by atoms with E-state index in [0.29, 0.717) is 13.0 Å². The zero-order valence-electron chi connectivity index (χ0n) is 15.4. The number of carbonyl (C=O) groups is 1. The molecule has 26 heavy (non-hydrogen) atoms. The number of nitrogens with one attached hydrogen (secondary N) is 3. The fourth-order valence-electron chi connectivity index (χ4n) is 3.32. The Balaban J connectivity index is 1.52. The summed E-state index contributed by atoms with van der Waals surface area (Å²) in [6.45, 7) is 3.59. The van der Waals surface area contributed by atoms with Gasteiger partial charge in [-0.15, -0.1) is 0 Å². The van der Waals surface area contributed by atoms with Crippen LogP contribution in [-0.2, 0) is 11.2 Å². The van der Waals surface area contributed by atoms with E-state index in [0.717, 1.165) is 24.6 Å². The maximum atomic E-state index is 11.9. The molecular formula is C21H26N4O. The van der Waals surface area contributed by atoms with Crippen molar-refractivity contribution in [1.29, 1.82) is 0 Å². The summed E-state index contributed by atoms with van der Waals surface area (Å²) in [5.74, 6) is 0.981. The Morgan fingerprint density at radius 1 is 1.19 bits per heavy atom. The van der Waals surface area contributed by atoms with E-state index in [2.05, 4.69) is 58.2 Å². The van der Waals surface area contributed by atoms with Crippen molar-refractivity contribution in [2.24, 2.45) is 4.99 Å². The first kappa shape index (κ1) is 18.0. The van der Waals surface area contributed by atoms with Crippen molar-refractivity contribution in [2.75, 3.05) is 25.5 Å². The minimum Gasteiger partial charge on any atom is -0.356 e. The molecule has 5 nitrogen and oxygen atoms in total. The van der Waals surface area contributed by atoms with E-state index in [1.807, 2.05) is 18.2 Å². The van der Waals surface area contributed by atoms with Crippen LogP contribution in [0.1, 0.15) is 29.0 Å². The van der Waals surface area contributed by atoms with E-state index in [1.165, 1.54) is 16.7 Å². The van der Waals surface area contributed by atoms with Gasteiger partial charge in [0.1, 0.15) is 0 Å². The summed E-state index contributed by atoms with van der Waals surface area (Å²) >= 11 is 0. The number of para-hydroxylation sites is 1. The number of carbonyl (C=O) groups excluding carboxylic acids is 1. The van der Waals surface area contributed by atoms with Crippen molar-refractivity contribution in [3.63, 3.8) is 0 Å². The van der Waals surface area contributed by atoms with E-state index < -0.39 is 0 Å². The second-order valence-corrected chi connectivity index (χ2v) is 6.66. The molecule has 0 aromatic heterocycles. The lowest BCUT2D eigenvalue weighted by Gasteiger charge is -2.26. The second-order valence-electron chi connectivity index (χ2n) is 6.66. The molecule has 3 rings (SSSR count). The molecular weight excluding hydrogens is 324 g/mol.